The number of furan rings is 3. The molecule has 14 nitrogen and oxygen atoms in total. The van der Waals surface area contributed by atoms with Gasteiger partial charge in [0.15, 0.2) is 3.77 Å². The van der Waals surface area contributed by atoms with Crippen LogP contribution in [-0.4, -0.2) is 52.7 Å². The van der Waals surface area contributed by atoms with Crippen LogP contribution in [0.15, 0.2) is 59.8 Å². The Morgan fingerprint density at radius 1 is 0.654 bits per heavy atom. The maximum Gasteiger partial charge on any atom is 0.408 e. The Kier molecular flexibility index (Phi) is 14.2. The van der Waals surface area contributed by atoms with Crippen LogP contribution in [0.5, 0.6) is 0 Å². The van der Waals surface area contributed by atoms with Gasteiger partial charge in [0.1, 0.15) is 39.6 Å². The fourth-order valence-corrected chi connectivity index (χ4v) is 6.16. The van der Waals surface area contributed by atoms with Gasteiger partial charge in [-0.2, -0.15) is 0 Å². The smallest absolute Gasteiger partial charge is 0.408 e. The number of sulfone groups is 2. The molecule has 0 aromatic carbocycles. The molecule has 0 spiro atoms. The largest absolute Gasteiger partial charge is 0.453 e. The predicted molar refractivity (Wildman–Crippen MR) is 205 cm³/mol. The van der Waals surface area contributed by atoms with E-state index in [1.807, 2.05) is 32.9 Å². The Labute approximate surface area is 330 Å². The molecule has 3 aromatic heterocycles. The van der Waals surface area contributed by atoms with Gasteiger partial charge in [-0.25, -0.2) is 26.4 Å². The Morgan fingerprint density at radius 3 is 1.29 bits per heavy atom. The van der Waals surface area contributed by atoms with E-state index in [0.29, 0.717) is 24.4 Å². The van der Waals surface area contributed by atoms with Crippen molar-refractivity contribution < 1.29 is 49.1 Å². The summed E-state index contributed by atoms with van der Waals surface area (Å²) >= 11 is 2.11. The van der Waals surface area contributed by atoms with Crippen LogP contribution >= 0.6 is 47.4 Å². The molecule has 4 N–H and O–H groups in total. The lowest BCUT2D eigenvalue weighted by Crippen LogP contribution is -2.39. The van der Waals surface area contributed by atoms with Crippen molar-refractivity contribution in [2.24, 2.45) is 5.73 Å². The lowest BCUT2D eigenvalue weighted by atomic mass is 10.2. The Bertz CT molecular complexity index is 1930. The number of carbonyl (C=O) groups is 2. The summed E-state index contributed by atoms with van der Waals surface area (Å²) in [5.74, 6) is 1.84. The molecule has 0 atom stereocenters. The number of nitrogens with two attached hydrogens (primary N) is 1. The van der Waals surface area contributed by atoms with Crippen molar-refractivity contribution in [1.82, 2.24) is 10.6 Å². The average Bonchev–Trinajstić information content (AvgIpc) is 3.85. The van der Waals surface area contributed by atoms with Gasteiger partial charge in [-0.15, -0.1) is 24.8 Å². The van der Waals surface area contributed by atoms with E-state index in [0.717, 1.165) is 47.7 Å². The fourth-order valence-electron chi connectivity index (χ4n) is 4.63. The first kappa shape index (κ1) is 45.7. The van der Waals surface area contributed by atoms with Gasteiger partial charge < -0.3 is 39.1 Å². The minimum atomic E-state index is -3.38. The van der Waals surface area contributed by atoms with Crippen LogP contribution in [0.2, 0.25) is 0 Å². The molecule has 0 aliphatic heterocycles. The summed E-state index contributed by atoms with van der Waals surface area (Å²) in [4.78, 5) is 23.5. The van der Waals surface area contributed by atoms with Crippen LogP contribution in [0.1, 0.15) is 97.3 Å². The Balaban J connectivity index is 0.000000270. The molecule has 3 aliphatic rings. The zero-order chi connectivity index (χ0) is 37.6. The molecule has 3 aliphatic carbocycles. The molecule has 3 heterocycles. The van der Waals surface area contributed by atoms with Crippen molar-refractivity contribution in [1.29, 1.82) is 0 Å². The zero-order valence-corrected chi connectivity index (χ0v) is 35.7. The highest BCUT2D eigenvalue weighted by Crippen LogP contribution is 2.47. The van der Waals surface area contributed by atoms with Crippen LogP contribution in [0.25, 0.3) is 0 Å². The molecule has 3 aromatic rings. The summed E-state index contributed by atoms with van der Waals surface area (Å²) in [6.45, 7) is 10.9. The van der Waals surface area contributed by atoms with Crippen LogP contribution in [-0.2, 0) is 45.8 Å². The average molecular weight is 925 g/mol. The van der Waals surface area contributed by atoms with Gasteiger partial charge in [0.25, 0.3) is 0 Å². The molecule has 0 bridgehead atoms. The third kappa shape index (κ3) is 12.8. The molecule has 52 heavy (non-hydrogen) atoms. The number of hydrogen-bond acceptors (Lipinski definition) is 12. The molecule has 6 rings (SSSR count). The summed E-state index contributed by atoms with van der Waals surface area (Å²) in [7, 11) is -6.62. The van der Waals surface area contributed by atoms with Gasteiger partial charge >= 0.3 is 12.2 Å². The molecule has 3 saturated carbocycles. The number of nitrogens with one attached hydrogen (secondary N) is 2. The third-order valence-electron chi connectivity index (χ3n) is 7.67. The Hall–Kier alpha value is -2.45. The summed E-state index contributed by atoms with van der Waals surface area (Å²) < 4.78 is 72.3. The number of hydrogen-bond donors (Lipinski definition) is 3. The van der Waals surface area contributed by atoms with Crippen molar-refractivity contribution in [3.63, 3.8) is 0 Å². The SMILES string of the molecule is CC(C)(C)OC(=O)NC1(c2ccc(I)o2)CC1.CC(C)(C)OC(=O)NC1(c2ccc(S(C)(=O)=O)o2)CC1.CS(=O)(=O)c1ccc(C2(N)CC2)o1.Cl.Cl. The van der Waals surface area contributed by atoms with E-state index in [2.05, 4.69) is 33.2 Å². The van der Waals surface area contributed by atoms with Gasteiger partial charge in [0.2, 0.25) is 29.9 Å². The molecular formula is C33H48Cl2IN3O11S2. The maximum absolute atomic E-state index is 11.8. The lowest BCUT2D eigenvalue weighted by Gasteiger charge is -2.22. The second kappa shape index (κ2) is 16.1. The topological polar surface area (TPSA) is 210 Å². The van der Waals surface area contributed by atoms with Crippen molar-refractivity contribution >= 4 is 79.3 Å². The van der Waals surface area contributed by atoms with Gasteiger partial charge in [-0.1, -0.05) is 0 Å². The van der Waals surface area contributed by atoms with Gasteiger partial charge in [0.05, 0.1) is 5.54 Å². The number of rotatable bonds is 7. The normalized spacial score (nSPS) is 17.6. The van der Waals surface area contributed by atoms with Gasteiger partial charge in [0, 0.05) is 12.5 Å². The van der Waals surface area contributed by atoms with E-state index in [1.165, 1.54) is 12.1 Å². The standard InChI is InChI=1S/C13H19NO5S.C12H16INO3.C8H11NO3S.2ClH/c1-12(2,3)19-11(15)14-13(7-8-13)9-5-6-10(18-9)20(4,16)17;1-11(2,3)17-10(15)14-12(6-7-12)8-4-5-9(13)16-8;1-13(10,11)7-3-2-6(12-7)8(9)4-5-8;;/h5-6H,7-8H2,1-4H3,(H,14,15);4-5H,6-7H2,1-3H3,(H,14,15);2-3H,4-5,9H2,1H3;2*1H. The first-order chi connectivity index (χ1) is 22.7. The molecule has 2 amide bonds. The number of ether oxygens (including phenoxy) is 2. The Morgan fingerprint density at radius 2 is 1.00 bits per heavy atom. The van der Waals surface area contributed by atoms with Gasteiger partial charge in [-0.05, 0) is 139 Å². The van der Waals surface area contributed by atoms with Crippen LogP contribution < -0.4 is 16.4 Å². The maximum atomic E-state index is 11.8. The first-order valence-corrected chi connectivity index (χ1v) is 20.8. The van der Waals surface area contributed by atoms with E-state index in [-0.39, 0.29) is 46.6 Å². The van der Waals surface area contributed by atoms with Gasteiger partial charge in [-0.3, -0.25) is 0 Å². The second-order valence-electron chi connectivity index (χ2n) is 15.0. The van der Waals surface area contributed by atoms with E-state index in [4.69, 9.17) is 28.5 Å². The summed E-state index contributed by atoms with van der Waals surface area (Å²) in [6, 6.07) is 9.89. The highest BCUT2D eigenvalue weighted by molar-refractivity contribution is 14.1. The number of amides is 2. The number of alkyl carbamates (subject to hydrolysis) is 2. The minimum absolute atomic E-state index is 0. The van der Waals surface area contributed by atoms with Crippen molar-refractivity contribution in [2.75, 3.05) is 12.5 Å². The van der Waals surface area contributed by atoms with E-state index in [9.17, 15) is 26.4 Å². The van der Waals surface area contributed by atoms with Crippen LogP contribution in [0, 0.1) is 3.77 Å². The highest BCUT2D eigenvalue weighted by Gasteiger charge is 2.50. The third-order valence-corrected chi connectivity index (χ3v) is 10.2. The minimum Gasteiger partial charge on any atom is -0.453 e. The van der Waals surface area contributed by atoms with Crippen molar-refractivity contribution in [2.45, 2.75) is 118 Å². The summed E-state index contributed by atoms with van der Waals surface area (Å²) in [5, 5.41) is 5.56. The molecule has 19 heteroatoms. The quantitative estimate of drug-likeness (QED) is 0.203. The summed E-state index contributed by atoms with van der Waals surface area (Å²) in [6.07, 6.45) is 6.20. The predicted octanol–water partition coefficient (Wildman–Crippen LogP) is 7.07. The number of carbonyl (C=O) groups excluding carboxylic acids is 2. The molecule has 0 unspecified atom stereocenters. The van der Waals surface area contributed by atoms with E-state index < -0.39 is 48.0 Å². The number of halogens is 3. The molecule has 294 valence electrons. The van der Waals surface area contributed by atoms with E-state index >= 15 is 0 Å². The monoisotopic (exact) mass is 923 g/mol. The molecule has 0 radical (unpaired) electrons. The molecular weight excluding hydrogens is 876 g/mol. The molecule has 0 saturated heterocycles. The highest BCUT2D eigenvalue weighted by atomic mass is 127. The van der Waals surface area contributed by atoms with Crippen LogP contribution in [0.3, 0.4) is 0 Å². The lowest BCUT2D eigenvalue weighted by molar-refractivity contribution is 0.0475. The second-order valence-corrected chi connectivity index (χ2v) is 19.9. The van der Waals surface area contributed by atoms with Crippen molar-refractivity contribution in [3.8, 4) is 0 Å². The van der Waals surface area contributed by atoms with Crippen LogP contribution in [0.4, 0.5) is 9.59 Å². The summed E-state index contributed by atoms with van der Waals surface area (Å²) in [5.41, 5.74) is 3.40. The molecule has 3 fully saturated rings. The zero-order valence-electron chi connectivity index (χ0n) is 30.3. The fraction of sp³-hybridized carbons (Fsp3) is 0.576. The van der Waals surface area contributed by atoms with Crippen molar-refractivity contribution in [3.05, 3.63) is 57.4 Å². The van der Waals surface area contributed by atoms with E-state index in [1.54, 1.807) is 32.9 Å². The first-order valence-electron chi connectivity index (χ1n) is 15.9.